The third-order valence-corrected chi connectivity index (χ3v) is 5.14. The van der Waals surface area contributed by atoms with Crippen LogP contribution in [0.2, 0.25) is 5.02 Å². The maximum Gasteiger partial charge on any atom is 0.416 e. The average molecular weight is 419 g/mol. The van der Waals surface area contributed by atoms with E-state index in [0.29, 0.717) is 22.1 Å². The minimum atomic E-state index is -4.35. The number of hydrogen-bond donors (Lipinski definition) is 0. The van der Waals surface area contributed by atoms with Gasteiger partial charge in [-0.05, 0) is 30.3 Å². The number of benzene rings is 2. The van der Waals surface area contributed by atoms with Gasteiger partial charge < -0.3 is 9.80 Å². The molecule has 1 fully saturated rings. The molecule has 0 atom stereocenters. The first-order chi connectivity index (χ1) is 13.9. The molecule has 29 heavy (non-hydrogen) atoms. The second kappa shape index (κ2) is 7.91. The zero-order chi connectivity index (χ0) is 20.4. The van der Waals surface area contributed by atoms with Crippen LogP contribution in [0.25, 0.3) is 11.3 Å². The summed E-state index contributed by atoms with van der Waals surface area (Å²) in [5.41, 5.74) is 1.56. The first kappa shape index (κ1) is 19.5. The van der Waals surface area contributed by atoms with Crippen LogP contribution < -0.4 is 9.80 Å². The molecule has 0 spiro atoms. The lowest BCUT2D eigenvalue weighted by atomic mass is 10.1. The molecule has 4 rings (SSSR count). The van der Waals surface area contributed by atoms with E-state index in [4.69, 9.17) is 11.6 Å². The minimum Gasteiger partial charge on any atom is -0.368 e. The van der Waals surface area contributed by atoms with Crippen molar-refractivity contribution in [2.45, 2.75) is 6.18 Å². The summed E-state index contributed by atoms with van der Waals surface area (Å²) < 4.78 is 38.3. The Morgan fingerprint density at radius 2 is 1.55 bits per heavy atom. The summed E-state index contributed by atoms with van der Waals surface area (Å²) in [6.07, 6.45) is -1.11. The Kier molecular flexibility index (Phi) is 5.32. The highest BCUT2D eigenvalue weighted by Crippen LogP contribution is 2.31. The fraction of sp³-hybridized carbons (Fsp3) is 0.238. The van der Waals surface area contributed by atoms with E-state index in [2.05, 4.69) is 19.8 Å². The number of anilines is 2. The SMILES string of the molecule is FC(F)(F)c1ccc(-c2cncc(N3CCN(c4cccc(Cl)c4)CC3)n2)cc1. The Balaban J connectivity index is 1.47. The van der Waals surface area contributed by atoms with Crippen LogP contribution in [0.5, 0.6) is 0 Å². The maximum absolute atomic E-state index is 12.8. The van der Waals surface area contributed by atoms with Gasteiger partial charge in [-0.2, -0.15) is 13.2 Å². The monoisotopic (exact) mass is 418 g/mol. The summed E-state index contributed by atoms with van der Waals surface area (Å²) >= 11 is 6.08. The first-order valence-electron chi connectivity index (χ1n) is 9.15. The molecule has 0 N–H and O–H groups in total. The highest BCUT2D eigenvalue weighted by atomic mass is 35.5. The van der Waals surface area contributed by atoms with Gasteiger partial charge in [0.05, 0.1) is 23.7 Å². The molecular formula is C21H18ClF3N4. The van der Waals surface area contributed by atoms with E-state index in [1.807, 2.05) is 24.3 Å². The fourth-order valence-electron chi connectivity index (χ4n) is 3.34. The van der Waals surface area contributed by atoms with Gasteiger partial charge in [-0.15, -0.1) is 0 Å². The molecule has 0 saturated carbocycles. The molecule has 0 amide bonds. The van der Waals surface area contributed by atoms with Crippen LogP contribution in [0.1, 0.15) is 5.56 Å². The standard InChI is InChI=1S/C21H18ClF3N4/c22-17-2-1-3-18(12-17)28-8-10-29(11-9-28)20-14-26-13-19(27-20)15-4-6-16(7-5-15)21(23,24)25/h1-7,12-14H,8-11H2. The molecule has 4 nitrogen and oxygen atoms in total. The lowest BCUT2D eigenvalue weighted by Gasteiger charge is -2.36. The van der Waals surface area contributed by atoms with Crippen molar-refractivity contribution in [3.63, 3.8) is 0 Å². The molecule has 1 aliphatic heterocycles. The quantitative estimate of drug-likeness (QED) is 0.589. The van der Waals surface area contributed by atoms with Gasteiger partial charge in [0, 0.05) is 42.5 Å². The van der Waals surface area contributed by atoms with Crippen molar-refractivity contribution in [2.75, 3.05) is 36.0 Å². The largest absolute Gasteiger partial charge is 0.416 e. The third kappa shape index (κ3) is 4.45. The summed E-state index contributed by atoms with van der Waals surface area (Å²) in [6.45, 7) is 3.15. The molecule has 150 valence electrons. The van der Waals surface area contributed by atoms with E-state index >= 15 is 0 Å². The van der Waals surface area contributed by atoms with Crippen molar-refractivity contribution in [2.24, 2.45) is 0 Å². The van der Waals surface area contributed by atoms with E-state index < -0.39 is 11.7 Å². The molecule has 8 heteroatoms. The predicted molar refractivity (Wildman–Crippen MR) is 108 cm³/mol. The number of piperazine rings is 1. The maximum atomic E-state index is 12.8. The molecule has 0 bridgehead atoms. The van der Waals surface area contributed by atoms with Crippen molar-refractivity contribution >= 4 is 23.1 Å². The number of aromatic nitrogens is 2. The van der Waals surface area contributed by atoms with E-state index in [0.717, 1.165) is 44.0 Å². The van der Waals surface area contributed by atoms with Gasteiger partial charge >= 0.3 is 6.18 Å². The van der Waals surface area contributed by atoms with E-state index in [1.54, 1.807) is 12.4 Å². The Morgan fingerprint density at radius 3 is 2.21 bits per heavy atom. The summed E-state index contributed by atoms with van der Waals surface area (Å²) in [7, 11) is 0. The van der Waals surface area contributed by atoms with E-state index in [1.165, 1.54) is 12.1 Å². The van der Waals surface area contributed by atoms with Gasteiger partial charge in [0.1, 0.15) is 5.82 Å². The molecule has 1 aliphatic rings. The van der Waals surface area contributed by atoms with Crippen molar-refractivity contribution in [3.8, 4) is 11.3 Å². The number of alkyl halides is 3. The summed E-state index contributed by atoms with van der Waals surface area (Å²) in [5.74, 6) is 0.716. The highest BCUT2D eigenvalue weighted by Gasteiger charge is 2.30. The van der Waals surface area contributed by atoms with E-state index in [9.17, 15) is 13.2 Å². The highest BCUT2D eigenvalue weighted by molar-refractivity contribution is 6.30. The molecule has 1 saturated heterocycles. The van der Waals surface area contributed by atoms with Gasteiger partial charge in [0.25, 0.3) is 0 Å². The summed E-state index contributed by atoms with van der Waals surface area (Å²) in [5, 5.41) is 0.708. The normalized spacial score (nSPS) is 14.9. The molecule has 2 aromatic carbocycles. The zero-order valence-electron chi connectivity index (χ0n) is 15.4. The molecular weight excluding hydrogens is 401 g/mol. The van der Waals surface area contributed by atoms with Gasteiger partial charge in [-0.25, -0.2) is 4.98 Å². The number of nitrogens with zero attached hydrogens (tertiary/aromatic N) is 4. The van der Waals surface area contributed by atoms with Crippen LogP contribution in [0.4, 0.5) is 24.7 Å². The van der Waals surface area contributed by atoms with Crippen LogP contribution >= 0.6 is 11.6 Å². The smallest absolute Gasteiger partial charge is 0.368 e. The topological polar surface area (TPSA) is 32.3 Å². The lowest BCUT2D eigenvalue weighted by molar-refractivity contribution is -0.137. The summed E-state index contributed by atoms with van der Waals surface area (Å²) in [4.78, 5) is 13.2. The van der Waals surface area contributed by atoms with Crippen molar-refractivity contribution in [3.05, 3.63) is 71.5 Å². The van der Waals surface area contributed by atoms with Crippen molar-refractivity contribution in [1.29, 1.82) is 0 Å². The third-order valence-electron chi connectivity index (χ3n) is 4.91. The Hall–Kier alpha value is -2.80. The molecule has 0 unspecified atom stereocenters. The molecule has 3 aromatic rings. The fourth-order valence-corrected chi connectivity index (χ4v) is 3.53. The van der Waals surface area contributed by atoms with Crippen molar-refractivity contribution in [1.82, 2.24) is 9.97 Å². The zero-order valence-corrected chi connectivity index (χ0v) is 16.2. The Bertz CT molecular complexity index is 984. The average Bonchev–Trinajstić information content (AvgIpc) is 2.73. The van der Waals surface area contributed by atoms with Crippen LogP contribution in [-0.4, -0.2) is 36.1 Å². The Morgan fingerprint density at radius 1 is 0.862 bits per heavy atom. The molecule has 2 heterocycles. The number of rotatable bonds is 3. The van der Waals surface area contributed by atoms with E-state index in [-0.39, 0.29) is 0 Å². The second-order valence-corrected chi connectivity index (χ2v) is 7.23. The van der Waals surface area contributed by atoms with Crippen LogP contribution in [0.15, 0.2) is 60.9 Å². The van der Waals surface area contributed by atoms with Crippen LogP contribution in [0.3, 0.4) is 0 Å². The Labute approximate surface area is 171 Å². The molecule has 0 radical (unpaired) electrons. The second-order valence-electron chi connectivity index (χ2n) is 6.79. The van der Waals surface area contributed by atoms with Crippen LogP contribution in [-0.2, 0) is 6.18 Å². The van der Waals surface area contributed by atoms with Crippen molar-refractivity contribution < 1.29 is 13.2 Å². The molecule has 0 aliphatic carbocycles. The summed E-state index contributed by atoms with van der Waals surface area (Å²) in [6, 6.07) is 12.7. The van der Waals surface area contributed by atoms with Gasteiger partial charge in [0.2, 0.25) is 0 Å². The minimum absolute atomic E-state index is 0.550. The number of hydrogen-bond acceptors (Lipinski definition) is 4. The molecule has 1 aromatic heterocycles. The van der Waals surface area contributed by atoms with Gasteiger partial charge in [0.15, 0.2) is 0 Å². The predicted octanol–water partition coefficient (Wildman–Crippen LogP) is 5.14. The van der Waals surface area contributed by atoms with Gasteiger partial charge in [-0.3, -0.25) is 4.98 Å². The first-order valence-corrected chi connectivity index (χ1v) is 9.53. The lowest BCUT2D eigenvalue weighted by Crippen LogP contribution is -2.46. The number of halogens is 4. The van der Waals surface area contributed by atoms with Crippen LogP contribution in [0, 0.1) is 0 Å². The van der Waals surface area contributed by atoms with Gasteiger partial charge in [-0.1, -0.05) is 29.8 Å².